The zero-order valence-electron chi connectivity index (χ0n) is 10.8. The van der Waals surface area contributed by atoms with E-state index in [1.807, 2.05) is 18.6 Å². The van der Waals surface area contributed by atoms with E-state index in [4.69, 9.17) is 0 Å². The first-order valence-corrected chi connectivity index (χ1v) is 7.29. The van der Waals surface area contributed by atoms with E-state index in [-0.39, 0.29) is 5.41 Å². The Morgan fingerprint density at radius 3 is 2.61 bits per heavy atom. The first-order valence-electron chi connectivity index (χ1n) is 5.62. The van der Waals surface area contributed by atoms with Crippen molar-refractivity contribution in [3.05, 3.63) is 32.4 Å². The van der Waals surface area contributed by atoms with Gasteiger partial charge in [-0.3, -0.25) is 4.68 Å². The van der Waals surface area contributed by atoms with Gasteiger partial charge in [0.2, 0.25) is 0 Å². The number of hydrogen-bond donors (Lipinski definition) is 1. The average Bonchev–Trinajstić information content (AvgIpc) is 2.82. The minimum absolute atomic E-state index is 0.105. The van der Waals surface area contributed by atoms with Gasteiger partial charge in [0.1, 0.15) is 15.7 Å². The number of aliphatic hydroxyl groups excluding tert-OH is 1. The monoisotopic (exact) mass is 329 g/mol. The van der Waals surface area contributed by atoms with Gasteiger partial charge in [0, 0.05) is 29.6 Å². The maximum atomic E-state index is 10.4. The normalized spacial score (nSPS) is 13.9. The summed E-state index contributed by atoms with van der Waals surface area (Å²) in [6.45, 7) is 6.26. The maximum Gasteiger partial charge on any atom is 0.134 e. The fourth-order valence-electron chi connectivity index (χ4n) is 1.82. The van der Waals surface area contributed by atoms with Crippen molar-refractivity contribution in [2.24, 2.45) is 7.05 Å². The van der Waals surface area contributed by atoms with E-state index in [2.05, 4.69) is 46.8 Å². The molecule has 0 aliphatic heterocycles. The predicted molar refractivity (Wildman–Crippen MR) is 75.8 cm³/mol. The summed E-state index contributed by atoms with van der Waals surface area (Å²) in [5, 5.41) is 17.4. The molecule has 18 heavy (non-hydrogen) atoms. The molecule has 1 unspecified atom stereocenters. The molecule has 2 heterocycles. The third-order valence-corrected chi connectivity index (χ3v) is 4.20. The fraction of sp³-hybridized carbons (Fsp3) is 0.500. The van der Waals surface area contributed by atoms with Crippen LogP contribution in [0.1, 0.15) is 43.1 Å². The van der Waals surface area contributed by atoms with Crippen LogP contribution in [0.5, 0.6) is 0 Å². The Hall–Kier alpha value is -0.720. The molecule has 0 aliphatic carbocycles. The minimum atomic E-state index is -0.718. The molecular formula is C12H16BrN3OS. The first-order chi connectivity index (χ1) is 8.29. The van der Waals surface area contributed by atoms with Crippen LogP contribution in [0, 0.1) is 0 Å². The number of nitrogens with zero attached hydrogens (tertiary/aromatic N) is 3. The number of aliphatic hydroxyl groups is 1. The largest absolute Gasteiger partial charge is 0.381 e. The van der Waals surface area contributed by atoms with Crippen LogP contribution in [0.15, 0.2) is 16.2 Å². The van der Waals surface area contributed by atoms with Crippen molar-refractivity contribution in [3.63, 3.8) is 0 Å². The number of halogens is 1. The molecule has 2 rings (SSSR count). The molecule has 1 N–H and O–H groups in total. The van der Waals surface area contributed by atoms with Crippen LogP contribution in [-0.4, -0.2) is 19.9 Å². The Bertz CT molecular complexity index is 556. The summed E-state index contributed by atoms with van der Waals surface area (Å²) in [5.41, 5.74) is 1.63. The van der Waals surface area contributed by atoms with Gasteiger partial charge in [0.15, 0.2) is 0 Å². The van der Waals surface area contributed by atoms with Crippen LogP contribution in [-0.2, 0) is 12.5 Å². The molecule has 4 nitrogen and oxygen atoms in total. The molecular weight excluding hydrogens is 314 g/mol. The van der Waals surface area contributed by atoms with Crippen LogP contribution in [0.25, 0.3) is 0 Å². The van der Waals surface area contributed by atoms with Crippen LogP contribution in [0.3, 0.4) is 0 Å². The van der Waals surface area contributed by atoms with E-state index >= 15 is 0 Å². The van der Waals surface area contributed by atoms with E-state index in [1.165, 1.54) is 11.3 Å². The zero-order chi connectivity index (χ0) is 13.5. The summed E-state index contributed by atoms with van der Waals surface area (Å²) < 4.78 is 2.49. The number of aryl methyl sites for hydroxylation is 1. The Labute approximate surface area is 119 Å². The maximum absolute atomic E-state index is 10.4. The molecule has 0 fully saturated rings. The van der Waals surface area contributed by atoms with Crippen LogP contribution in [0.4, 0.5) is 0 Å². The van der Waals surface area contributed by atoms with Crippen molar-refractivity contribution in [1.82, 2.24) is 14.8 Å². The van der Waals surface area contributed by atoms with Gasteiger partial charge in [0.25, 0.3) is 0 Å². The molecule has 0 saturated carbocycles. The summed E-state index contributed by atoms with van der Waals surface area (Å²) in [7, 11) is 1.86. The molecule has 98 valence electrons. The standard InChI is InChI=1S/C12H16BrN3OS/c1-12(2,3)10-7(5-16(4)15-10)9(17)11-14-8(13)6-18-11/h5-6,9,17H,1-4H3. The molecule has 0 aliphatic rings. The SMILES string of the molecule is Cn1cc(C(O)c2nc(Br)cs2)c(C(C)(C)C)n1. The smallest absolute Gasteiger partial charge is 0.134 e. The summed E-state index contributed by atoms with van der Waals surface area (Å²) in [6.07, 6.45) is 1.14. The highest BCUT2D eigenvalue weighted by molar-refractivity contribution is 9.10. The second kappa shape index (κ2) is 4.75. The van der Waals surface area contributed by atoms with Crippen molar-refractivity contribution < 1.29 is 5.11 Å². The zero-order valence-corrected chi connectivity index (χ0v) is 13.2. The molecule has 0 radical (unpaired) electrons. The summed E-state index contributed by atoms with van der Waals surface area (Å²) in [5.74, 6) is 0. The Balaban J connectivity index is 2.45. The minimum Gasteiger partial charge on any atom is -0.381 e. The van der Waals surface area contributed by atoms with E-state index in [1.54, 1.807) is 4.68 Å². The van der Waals surface area contributed by atoms with Crippen LogP contribution >= 0.6 is 27.3 Å². The lowest BCUT2D eigenvalue weighted by Gasteiger charge is -2.19. The summed E-state index contributed by atoms with van der Waals surface area (Å²) in [4.78, 5) is 4.27. The summed E-state index contributed by atoms with van der Waals surface area (Å²) >= 11 is 4.74. The Morgan fingerprint density at radius 1 is 1.44 bits per heavy atom. The molecule has 1 atom stereocenters. The van der Waals surface area contributed by atoms with Crippen LogP contribution in [0.2, 0.25) is 0 Å². The number of aromatic nitrogens is 3. The Morgan fingerprint density at radius 2 is 2.11 bits per heavy atom. The van der Waals surface area contributed by atoms with Gasteiger partial charge >= 0.3 is 0 Å². The summed E-state index contributed by atoms with van der Waals surface area (Å²) in [6, 6.07) is 0. The molecule has 0 amide bonds. The van der Waals surface area contributed by atoms with Gasteiger partial charge in [0.05, 0.1) is 5.69 Å². The highest BCUT2D eigenvalue weighted by Crippen LogP contribution is 2.33. The topological polar surface area (TPSA) is 50.9 Å². The lowest BCUT2D eigenvalue weighted by Crippen LogP contribution is -2.16. The van der Waals surface area contributed by atoms with E-state index in [9.17, 15) is 5.11 Å². The van der Waals surface area contributed by atoms with Gasteiger partial charge in [-0.1, -0.05) is 20.8 Å². The molecule has 0 saturated heterocycles. The van der Waals surface area contributed by atoms with Gasteiger partial charge in [-0.25, -0.2) is 4.98 Å². The first kappa shape index (κ1) is 13.7. The Kier molecular flexibility index (Phi) is 3.62. The van der Waals surface area contributed by atoms with Crippen LogP contribution < -0.4 is 0 Å². The van der Waals surface area contributed by atoms with Gasteiger partial charge in [-0.15, -0.1) is 11.3 Å². The second-order valence-electron chi connectivity index (χ2n) is 5.27. The fourth-order valence-corrected chi connectivity index (χ4v) is 3.08. The molecule has 2 aromatic heterocycles. The molecule has 2 aromatic rings. The second-order valence-corrected chi connectivity index (χ2v) is 6.97. The van der Waals surface area contributed by atoms with Gasteiger partial charge < -0.3 is 5.11 Å². The number of hydrogen-bond acceptors (Lipinski definition) is 4. The third-order valence-electron chi connectivity index (χ3n) is 2.59. The molecule has 6 heteroatoms. The number of thiazole rings is 1. The van der Waals surface area contributed by atoms with E-state index < -0.39 is 6.10 Å². The average molecular weight is 330 g/mol. The van der Waals surface area contributed by atoms with Crippen molar-refractivity contribution in [3.8, 4) is 0 Å². The highest BCUT2D eigenvalue weighted by Gasteiger charge is 2.27. The van der Waals surface area contributed by atoms with Crippen molar-refractivity contribution >= 4 is 27.3 Å². The highest BCUT2D eigenvalue weighted by atomic mass is 79.9. The van der Waals surface area contributed by atoms with E-state index in [0.717, 1.165) is 15.9 Å². The molecule has 0 aromatic carbocycles. The van der Waals surface area contributed by atoms with E-state index in [0.29, 0.717) is 5.01 Å². The van der Waals surface area contributed by atoms with Gasteiger partial charge in [-0.2, -0.15) is 5.10 Å². The molecule has 0 spiro atoms. The lowest BCUT2D eigenvalue weighted by molar-refractivity contribution is 0.217. The van der Waals surface area contributed by atoms with Gasteiger partial charge in [-0.05, 0) is 15.9 Å². The van der Waals surface area contributed by atoms with Crippen molar-refractivity contribution in [2.75, 3.05) is 0 Å². The van der Waals surface area contributed by atoms with Crippen molar-refractivity contribution in [2.45, 2.75) is 32.3 Å². The predicted octanol–water partition coefficient (Wildman–Crippen LogP) is 3.02. The lowest BCUT2D eigenvalue weighted by atomic mass is 9.88. The number of rotatable bonds is 2. The third kappa shape index (κ3) is 2.65. The van der Waals surface area contributed by atoms with Crippen molar-refractivity contribution in [1.29, 1.82) is 0 Å². The molecule has 0 bridgehead atoms. The quantitative estimate of drug-likeness (QED) is 0.921.